The Morgan fingerprint density at radius 3 is 2.92 bits per heavy atom. The summed E-state index contributed by atoms with van der Waals surface area (Å²) < 4.78 is 5.34. The topological polar surface area (TPSA) is 92.1 Å². The molecule has 1 aliphatic carbocycles. The third kappa shape index (κ3) is 2.74. The van der Waals surface area contributed by atoms with Gasteiger partial charge in [0.15, 0.2) is 11.3 Å². The second-order valence-corrected chi connectivity index (χ2v) is 6.74. The Kier molecular flexibility index (Phi) is 3.70. The molecule has 0 aromatic carbocycles. The Bertz CT molecular complexity index is 821. The number of amides is 1. The average molecular weight is 328 g/mol. The summed E-state index contributed by atoms with van der Waals surface area (Å²) >= 11 is 0. The van der Waals surface area contributed by atoms with Gasteiger partial charge in [-0.15, -0.1) is 0 Å². The van der Waals surface area contributed by atoms with Crippen molar-refractivity contribution in [3.63, 3.8) is 0 Å². The molecule has 4 rings (SSSR count). The second kappa shape index (κ2) is 5.89. The third-order valence-corrected chi connectivity index (χ3v) is 4.82. The molecule has 2 fully saturated rings. The normalized spacial score (nSPS) is 21.0. The molecule has 1 unspecified atom stereocenters. The van der Waals surface area contributed by atoms with Crippen LogP contribution in [0.15, 0.2) is 21.7 Å². The van der Waals surface area contributed by atoms with Crippen LogP contribution in [0.1, 0.15) is 65.2 Å². The van der Waals surface area contributed by atoms with Crippen molar-refractivity contribution in [1.29, 1.82) is 0 Å². The van der Waals surface area contributed by atoms with Gasteiger partial charge < -0.3 is 14.4 Å². The lowest BCUT2D eigenvalue weighted by molar-refractivity contribution is 0.0701. The summed E-state index contributed by atoms with van der Waals surface area (Å²) in [5, 5.41) is 4.11. The highest BCUT2D eigenvalue weighted by atomic mass is 16.5. The minimum absolute atomic E-state index is 0.0721. The number of nitrogens with zero attached hydrogens (tertiary/aromatic N) is 3. The first-order chi connectivity index (χ1) is 11.6. The van der Waals surface area contributed by atoms with E-state index >= 15 is 0 Å². The minimum atomic E-state index is -0.226. The van der Waals surface area contributed by atoms with Crippen LogP contribution in [0, 0.1) is 6.92 Å². The van der Waals surface area contributed by atoms with Crippen molar-refractivity contribution in [2.75, 3.05) is 13.1 Å². The molecule has 1 amide bonds. The van der Waals surface area contributed by atoms with Crippen molar-refractivity contribution >= 4 is 5.91 Å². The van der Waals surface area contributed by atoms with E-state index in [9.17, 15) is 9.59 Å². The van der Waals surface area contributed by atoms with Gasteiger partial charge in [0, 0.05) is 42.9 Å². The van der Waals surface area contributed by atoms with Crippen LogP contribution in [0.3, 0.4) is 0 Å². The van der Waals surface area contributed by atoms with Gasteiger partial charge in [0.05, 0.1) is 0 Å². The maximum atomic E-state index is 12.7. The van der Waals surface area contributed by atoms with Crippen molar-refractivity contribution in [3.05, 3.63) is 45.5 Å². The number of aromatic amines is 1. The van der Waals surface area contributed by atoms with Gasteiger partial charge in [0.1, 0.15) is 5.56 Å². The summed E-state index contributed by atoms with van der Waals surface area (Å²) in [4.78, 5) is 34.0. The van der Waals surface area contributed by atoms with Gasteiger partial charge in [-0.05, 0) is 32.6 Å². The number of rotatable bonds is 3. The number of hydrogen-bond acceptors (Lipinski definition) is 5. The zero-order valence-electron chi connectivity index (χ0n) is 13.6. The average Bonchev–Trinajstić information content (AvgIpc) is 3.34. The highest BCUT2D eigenvalue weighted by Crippen LogP contribution is 2.39. The predicted octanol–water partition coefficient (Wildman–Crippen LogP) is 1.96. The largest absolute Gasteiger partial charge is 0.366 e. The van der Waals surface area contributed by atoms with Crippen LogP contribution in [0.25, 0.3) is 0 Å². The Morgan fingerprint density at radius 1 is 1.29 bits per heavy atom. The molecule has 3 heterocycles. The van der Waals surface area contributed by atoms with Crippen molar-refractivity contribution in [2.24, 2.45) is 0 Å². The maximum Gasteiger partial charge on any atom is 0.259 e. The van der Waals surface area contributed by atoms with Gasteiger partial charge in [0.25, 0.3) is 5.91 Å². The number of aryl methyl sites for hydroxylation is 1. The molecule has 1 atom stereocenters. The van der Waals surface area contributed by atoms with Crippen molar-refractivity contribution in [2.45, 2.75) is 44.4 Å². The Balaban J connectivity index is 1.52. The van der Waals surface area contributed by atoms with Gasteiger partial charge in [-0.2, -0.15) is 4.98 Å². The fourth-order valence-corrected chi connectivity index (χ4v) is 3.20. The Hall–Kier alpha value is -2.44. The highest BCUT2D eigenvalue weighted by Gasteiger charge is 2.33. The maximum absolute atomic E-state index is 12.7. The van der Waals surface area contributed by atoms with E-state index in [0.29, 0.717) is 30.4 Å². The van der Waals surface area contributed by atoms with Gasteiger partial charge in [-0.1, -0.05) is 5.16 Å². The lowest BCUT2D eigenvalue weighted by Crippen LogP contribution is -2.41. The molecular weight excluding hydrogens is 308 g/mol. The quantitative estimate of drug-likeness (QED) is 0.930. The van der Waals surface area contributed by atoms with Crippen LogP contribution in [0.5, 0.6) is 0 Å². The Labute approximate surface area is 139 Å². The van der Waals surface area contributed by atoms with Crippen molar-refractivity contribution < 1.29 is 9.32 Å². The molecule has 7 nitrogen and oxygen atoms in total. The van der Waals surface area contributed by atoms with E-state index in [0.717, 1.165) is 31.6 Å². The van der Waals surface area contributed by atoms with Gasteiger partial charge >= 0.3 is 0 Å². The molecule has 1 saturated heterocycles. The van der Waals surface area contributed by atoms with E-state index < -0.39 is 0 Å². The number of hydrogen-bond donors (Lipinski definition) is 1. The molecule has 7 heteroatoms. The van der Waals surface area contributed by atoms with Gasteiger partial charge in [-0.25, -0.2) is 0 Å². The first-order valence-corrected chi connectivity index (χ1v) is 8.44. The molecule has 126 valence electrons. The molecule has 0 bridgehead atoms. The number of nitrogens with one attached hydrogen (secondary N) is 1. The Morgan fingerprint density at radius 2 is 2.12 bits per heavy atom. The van der Waals surface area contributed by atoms with E-state index in [1.165, 1.54) is 6.20 Å². The molecule has 1 N–H and O–H groups in total. The lowest BCUT2D eigenvalue weighted by atomic mass is 9.96. The molecule has 1 saturated carbocycles. The van der Waals surface area contributed by atoms with Crippen LogP contribution < -0.4 is 5.43 Å². The van der Waals surface area contributed by atoms with E-state index in [-0.39, 0.29) is 22.8 Å². The van der Waals surface area contributed by atoms with Crippen LogP contribution in [-0.2, 0) is 0 Å². The minimum Gasteiger partial charge on any atom is -0.366 e. The number of carbonyl (C=O) groups is 1. The molecule has 2 aromatic heterocycles. The summed E-state index contributed by atoms with van der Waals surface area (Å²) in [7, 11) is 0. The number of carbonyl (C=O) groups excluding carboxylic acids is 1. The standard InChI is InChI=1S/C17H20N4O3/c1-10-7-18-8-13(14(10)22)17(23)21-6-2-3-12(9-21)15-19-16(24-20-15)11-4-5-11/h7-8,11-12H,2-6,9H2,1H3,(H,18,22). The van der Waals surface area contributed by atoms with Crippen LogP contribution in [0.2, 0.25) is 0 Å². The molecule has 0 radical (unpaired) electrons. The first-order valence-electron chi connectivity index (χ1n) is 8.44. The lowest BCUT2D eigenvalue weighted by Gasteiger charge is -2.31. The van der Waals surface area contributed by atoms with Crippen molar-refractivity contribution in [3.8, 4) is 0 Å². The zero-order chi connectivity index (χ0) is 16.7. The van der Waals surface area contributed by atoms with E-state index in [4.69, 9.17) is 4.52 Å². The number of piperidine rings is 1. The SMILES string of the molecule is Cc1c[nH]cc(C(=O)N2CCCC(c3noc(C4CC4)n3)C2)c1=O. The molecule has 2 aliphatic rings. The van der Waals surface area contributed by atoms with Crippen LogP contribution in [-0.4, -0.2) is 39.0 Å². The molecule has 2 aromatic rings. The number of H-pyrrole nitrogens is 1. The monoisotopic (exact) mass is 328 g/mol. The fraction of sp³-hybridized carbons (Fsp3) is 0.529. The van der Waals surface area contributed by atoms with Gasteiger partial charge in [0.2, 0.25) is 5.89 Å². The van der Waals surface area contributed by atoms with Gasteiger partial charge in [-0.3, -0.25) is 9.59 Å². The van der Waals surface area contributed by atoms with E-state index in [1.54, 1.807) is 18.0 Å². The summed E-state index contributed by atoms with van der Waals surface area (Å²) in [6, 6.07) is 0. The molecule has 24 heavy (non-hydrogen) atoms. The van der Waals surface area contributed by atoms with Crippen LogP contribution >= 0.6 is 0 Å². The first kappa shape index (κ1) is 15.1. The molecular formula is C17H20N4O3. The number of pyridine rings is 1. The van der Waals surface area contributed by atoms with Crippen molar-refractivity contribution in [1.82, 2.24) is 20.0 Å². The van der Waals surface area contributed by atoms with E-state index in [2.05, 4.69) is 15.1 Å². The smallest absolute Gasteiger partial charge is 0.259 e. The predicted molar refractivity (Wildman–Crippen MR) is 86.0 cm³/mol. The second-order valence-electron chi connectivity index (χ2n) is 6.74. The summed E-state index contributed by atoms with van der Waals surface area (Å²) in [5.41, 5.74) is 0.528. The highest BCUT2D eigenvalue weighted by molar-refractivity contribution is 5.94. The van der Waals surface area contributed by atoms with E-state index in [1.807, 2.05) is 0 Å². The fourth-order valence-electron chi connectivity index (χ4n) is 3.20. The summed E-state index contributed by atoms with van der Waals surface area (Å²) in [6.07, 6.45) is 7.13. The summed E-state index contributed by atoms with van der Waals surface area (Å²) in [5.74, 6) is 1.69. The third-order valence-electron chi connectivity index (χ3n) is 4.82. The zero-order valence-corrected chi connectivity index (χ0v) is 13.6. The summed E-state index contributed by atoms with van der Waals surface area (Å²) in [6.45, 7) is 2.87. The number of aromatic nitrogens is 3. The van der Waals surface area contributed by atoms with Crippen LogP contribution in [0.4, 0.5) is 0 Å². The molecule has 1 aliphatic heterocycles. The number of likely N-dealkylation sites (tertiary alicyclic amines) is 1. The molecule has 0 spiro atoms.